The molecule has 0 aromatic carbocycles. The van der Waals surface area contributed by atoms with Gasteiger partial charge in [-0.2, -0.15) is 5.10 Å². The van der Waals surface area contributed by atoms with E-state index in [1.807, 2.05) is 18.3 Å². The number of carbonyl (C=O) groups is 2. The van der Waals surface area contributed by atoms with Crippen LogP contribution in [0.25, 0.3) is 0 Å². The zero-order valence-corrected chi connectivity index (χ0v) is 13.7. The molecule has 0 aliphatic carbocycles. The molecule has 2 atom stereocenters. The van der Waals surface area contributed by atoms with Gasteiger partial charge in [0.05, 0.1) is 25.1 Å². The van der Waals surface area contributed by atoms with E-state index < -0.39 is 17.9 Å². The molecular formula is C17H20N4O4. The number of hydrogen-bond donors (Lipinski definition) is 2. The lowest BCUT2D eigenvalue weighted by molar-refractivity contribution is -0.141. The number of nitrogens with zero attached hydrogens (tertiary/aromatic N) is 4. The smallest absolute Gasteiger partial charge is 0.308 e. The van der Waals surface area contributed by atoms with E-state index in [0.717, 1.165) is 11.1 Å². The summed E-state index contributed by atoms with van der Waals surface area (Å²) in [7, 11) is 0. The Hall–Kier alpha value is -2.74. The maximum atomic E-state index is 11.6. The van der Waals surface area contributed by atoms with E-state index in [1.54, 1.807) is 23.3 Å². The molecule has 3 rings (SSSR count). The van der Waals surface area contributed by atoms with Gasteiger partial charge in [-0.25, -0.2) is 0 Å². The Morgan fingerprint density at radius 3 is 2.76 bits per heavy atom. The quantitative estimate of drug-likeness (QED) is 0.773. The lowest BCUT2D eigenvalue weighted by atomic mass is 9.90. The summed E-state index contributed by atoms with van der Waals surface area (Å²) in [6.07, 6.45) is 6.95. The highest BCUT2D eigenvalue weighted by molar-refractivity contribution is 5.72. The van der Waals surface area contributed by atoms with E-state index in [4.69, 9.17) is 5.11 Å². The van der Waals surface area contributed by atoms with E-state index in [-0.39, 0.29) is 12.3 Å². The molecule has 2 aromatic heterocycles. The third-order valence-electron chi connectivity index (χ3n) is 4.47. The van der Waals surface area contributed by atoms with Gasteiger partial charge in [-0.3, -0.25) is 24.2 Å². The van der Waals surface area contributed by atoms with E-state index in [9.17, 15) is 14.7 Å². The SMILES string of the molecule is O=C(O)CCn1cc(CN2C[C@@H](C(=O)O)[C@H](c3cccnc3)C2)cn1. The van der Waals surface area contributed by atoms with Crippen molar-refractivity contribution >= 4 is 11.9 Å². The second-order valence-corrected chi connectivity index (χ2v) is 6.29. The van der Waals surface area contributed by atoms with Gasteiger partial charge >= 0.3 is 11.9 Å². The first kappa shape index (κ1) is 17.1. The normalized spacial score (nSPS) is 20.6. The molecule has 0 saturated carbocycles. The predicted octanol–water partition coefficient (Wildman–Crippen LogP) is 1.05. The zero-order chi connectivity index (χ0) is 17.8. The molecule has 3 heterocycles. The number of hydrogen-bond acceptors (Lipinski definition) is 5. The van der Waals surface area contributed by atoms with Crippen LogP contribution < -0.4 is 0 Å². The Morgan fingerprint density at radius 1 is 1.24 bits per heavy atom. The summed E-state index contributed by atoms with van der Waals surface area (Å²) in [5.41, 5.74) is 1.89. The maximum absolute atomic E-state index is 11.6. The first-order valence-electron chi connectivity index (χ1n) is 8.11. The van der Waals surface area contributed by atoms with Crippen molar-refractivity contribution in [2.45, 2.75) is 25.4 Å². The molecule has 0 bridgehead atoms. The minimum atomic E-state index is -0.861. The molecule has 0 radical (unpaired) electrons. The molecule has 2 N–H and O–H groups in total. The van der Waals surface area contributed by atoms with E-state index >= 15 is 0 Å². The topological polar surface area (TPSA) is 109 Å². The van der Waals surface area contributed by atoms with Crippen molar-refractivity contribution in [3.05, 3.63) is 48.0 Å². The summed E-state index contributed by atoms with van der Waals surface area (Å²) in [6.45, 7) is 2.02. The van der Waals surface area contributed by atoms with Crippen LogP contribution in [0.2, 0.25) is 0 Å². The summed E-state index contributed by atoms with van der Waals surface area (Å²) in [5, 5.41) is 22.4. The molecule has 1 saturated heterocycles. The van der Waals surface area contributed by atoms with E-state index in [0.29, 0.717) is 26.2 Å². The minimum absolute atomic E-state index is 0.0228. The number of carboxylic acid groups (broad SMARTS) is 2. The largest absolute Gasteiger partial charge is 0.481 e. The van der Waals surface area contributed by atoms with Crippen LogP contribution in [-0.4, -0.2) is 54.9 Å². The van der Waals surface area contributed by atoms with Crippen LogP contribution in [0.5, 0.6) is 0 Å². The van der Waals surface area contributed by atoms with Crippen LogP contribution in [0.4, 0.5) is 0 Å². The van der Waals surface area contributed by atoms with Crippen LogP contribution in [0.1, 0.15) is 23.5 Å². The first-order valence-corrected chi connectivity index (χ1v) is 8.11. The Bertz CT molecular complexity index is 746. The maximum Gasteiger partial charge on any atom is 0.308 e. The fourth-order valence-electron chi connectivity index (χ4n) is 3.28. The summed E-state index contributed by atoms with van der Waals surface area (Å²) >= 11 is 0. The van der Waals surface area contributed by atoms with Gasteiger partial charge < -0.3 is 10.2 Å². The summed E-state index contributed by atoms with van der Waals surface area (Å²) in [4.78, 5) is 28.4. The van der Waals surface area contributed by atoms with Gasteiger partial charge in [0.25, 0.3) is 0 Å². The molecule has 2 aromatic rings. The van der Waals surface area contributed by atoms with Gasteiger partial charge in [0.15, 0.2) is 0 Å². The van der Waals surface area contributed by atoms with Crippen LogP contribution in [0, 0.1) is 5.92 Å². The second-order valence-electron chi connectivity index (χ2n) is 6.29. The third-order valence-corrected chi connectivity index (χ3v) is 4.47. The van der Waals surface area contributed by atoms with Gasteiger partial charge in [0.1, 0.15) is 0 Å². The van der Waals surface area contributed by atoms with Crippen LogP contribution in [-0.2, 0) is 22.7 Å². The van der Waals surface area contributed by atoms with Crippen molar-refractivity contribution < 1.29 is 19.8 Å². The highest BCUT2D eigenvalue weighted by atomic mass is 16.4. The first-order chi connectivity index (χ1) is 12.0. The van der Waals surface area contributed by atoms with E-state index in [2.05, 4.69) is 15.0 Å². The summed E-state index contributed by atoms with van der Waals surface area (Å²) < 4.78 is 1.60. The zero-order valence-electron chi connectivity index (χ0n) is 13.7. The number of carboxylic acids is 2. The molecule has 8 nitrogen and oxygen atoms in total. The van der Waals surface area contributed by atoms with Crippen LogP contribution in [0.3, 0.4) is 0 Å². The molecule has 0 unspecified atom stereocenters. The summed E-state index contributed by atoms with van der Waals surface area (Å²) in [6, 6.07) is 3.74. The number of aryl methyl sites for hydroxylation is 1. The van der Waals surface area contributed by atoms with Crippen molar-refractivity contribution in [3.8, 4) is 0 Å². The number of likely N-dealkylation sites (tertiary alicyclic amines) is 1. The van der Waals surface area contributed by atoms with Gasteiger partial charge in [0.2, 0.25) is 0 Å². The van der Waals surface area contributed by atoms with Crippen LogP contribution in [0.15, 0.2) is 36.9 Å². The molecule has 132 valence electrons. The molecule has 0 spiro atoms. The van der Waals surface area contributed by atoms with Crippen molar-refractivity contribution in [1.29, 1.82) is 0 Å². The molecule has 25 heavy (non-hydrogen) atoms. The molecular weight excluding hydrogens is 324 g/mol. The molecule has 0 amide bonds. The third kappa shape index (κ3) is 4.21. The van der Waals surface area contributed by atoms with Crippen molar-refractivity contribution in [2.24, 2.45) is 5.92 Å². The Balaban J connectivity index is 1.66. The molecule has 1 fully saturated rings. The Morgan fingerprint density at radius 2 is 2.08 bits per heavy atom. The standard InChI is InChI=1S/C17H20N4O4/c22-16(23)3-5-21-9-12(6-19-21)8-20-10-14(15(11-20)17(24)25)13-2-1-4-18-7-13/h1-2,4,6-7,9,14-15H,3,5,8,10-11H2,(H,22,23)(H,24,25)/t14-,15+/m0/s1. The fourth-order valence-corrected chi connectivity index (χ4v) is 3.28. The van der Waals surface area contributed by atoms with Gasteiger partial charge in [0, 0.05) is 49.7 Å². The number of aliphatic carboxylic acids is 2. The monoisotopic (exact) mass is 344 g/mol. The molecule has 1 aliphatic heterocycles. The van der Waals surface area contributed by atoms with Crippen molar-refractivity contribution in [3.63, 3.8) is 0 Å². The minimum Gasteiger partial charge on any atom is -0.481 e. The lowest BCUT2D eigenvalue weighted by Gasteiger charge is -2.15. The van der Waals surface area contributed by atoms with E-state index in [1.165, 1.54) is 0 Å². The number of aromatic nitrogens is 3. The summed E-state index contributed by atoms with van der Waals surface area (Å²) in [5.74, 6) is -2.21. The number of rotatable bonds is 7. The average Bonchev–Trinajstić information content (AvgIpc) is 3.21. The Kier molecular flexibility index (Phi) is 5.08. The average molecular weight is 344 g/mol. The predicted molar refractivity (Wildman–Crippen MR) is 87.9 cm³/mol. The van der Waals surface area contributed by atoms with Crippen molar-refractivity contribution in [2.75, 3.05) is 13.1 Å². The highest BCUT2D eigenvalue weighted by Crippen LogP contribution is 2.33. The number of pyridine rings is 1. The fraction of sp³-hybridized carbons (Fsp3) is 0.412. The highest BCUT2D eigenvalue weighted by Gasteiger charge is 2.38. The molecule has 8 heteroatoms. The van der Waals surface area contributed by atoms with Gasteiger partial charge in [-0.05, 0) is 11.6 Å². The van der Waals surface area contributed by atoms with Crippen molar-refractivity contribution in [1.82, 2.24) is 19.7 Å². The Labute approximate surface area is 144 Å². The van der Waals surface area contributed by atoms with Gasteiger partial charge in [-0.15, -0.1) is 0 Å². The second kappa shape index (κ2) is 7.43. The lowest BCUT2D eigenvalue weighted by Crippen LogP contribution is -2.23. The van der Waals surface area contributed by atoms with Gasteiger partial charge in [-0.1, -0.05) is 6.07 Å². The van der Waals surface area contributed by atoms with Crippen LogP contribution >= 0.6 is 0 Å². The molecule has 1 aliphatic rings.